The molecule has 2 fully saturated rings. The van der Waals surface area contributed by atoms with E-state index in [1.54, 1.807) is 18.9 Å². The van der Waals surface area contributed by atoms with Gasteiger partial charge in [-0.15, -0.1) is 0 Å². The van der Waals surface area contributed by atoms with Crippen molar-refractivity contribution in [3.05, 3.63) is 35.9 Å². The van der Waals surface area contributed by atoms with E-state index in [4.69, 9.17) is 0 Å². The third-order valence-corrected chi connectivity index (χ3v) is 5.38. The van der Waals surface area contributed by atoms with Gasteiger partial charge in [-0.05, 0) is 45.1 Å². The summed E-state index contributed by atoms with van der Waals surface area (Å²) in [7, 11) is 0. The first-order valence-corrected chi connectivity index (χ1v) is 9.73. The number of rotatable bonds is 3. The second-order valence-electron chi connectivity index (χ2n) is 7.89. The van der Waals surface area contributed by atoms with Crippen LogP contribution in [0.4, 0.5) is 0 Å². The molecule has 0 spiro atoms. The van der Waals surface area contributed by atoms with Crippen LogP contribution in [0.5, 0.6) is 0 Å². The van der Waals surface area contributed by atoms with Crippen LogP contribution in [0.2, 0.25) is 0 Å². The summed E-state index contributed by atoms with van der Waals surface area (Å²) >= 11 is 0. The van der Waals surface area contributed by atoms with Crippen molar-refractivity contribution in [1.82, 2.24) is 5.06 Å². The van der Waals surface area contributed by atoms with E-state index in [1.165, 1.54) is 64.2 Å². The molecule has 0 aliphatic heterocycles. The Bertz CT molecular complexity index is 425. The molecule has 0 amide bonds. The smallest absolute Gasteiger partial charge is 0.0840 e. The Morgan fingerprint density at radius 1 is 0.792 bits per heavy atom. The number of benzene rings is 1. The highest BCUT2D eigenvalue weighted by molar-refractivity contribution is 5.20. The molecule has 2 aliphatic rings. The minimum absolute atomic E-state index is 0.479. The molecule has 0 saturated heterocycles. The highest BCUT2D eigenvalue weighted by Crippen LogP contribution is 2.28. The Morgan fingerprint density at radius 2 is 1.21 bits per heavy atom. The van der Waals surface area contributed by atoms with Gasteiger partial charge >= 0.3 is 0 Å². The summed E-state index contributed by atoms with van der Waals surface area (Å²) in [6, 6.07) is 10.6. The first kappa shape index (κ1) is 19.4. The minimum atomic E-state index is -0.707. The summed E-state index contributed by atoms with van der Waals surface area (Å²) in [6.07, 6.45) is 12.9. The van der Waals surface area contributed by atoms with Gasteiger partial charge in [-0.1, -0.05) is 68.9 Å². The van der Waals surface area contributed by atoms with Crippen molar-refractivity contribution in [2.75, 3.05) is 0 Å². The Morgan fingerprint density at radius 3 is 1.54 bits per heavy atom. The lowest BCUT2D eigenvalue weighted by molar-refractivity contribution is -0.173. The predicted molar refractivity (Wildman–Crippen MR) is 99.1 cm³/mol. The van der Waals surface area contributed by atoms with E-state index in [0.29, 0.717) is 12.1 Å². The number of hydrogen-bond donors (Lipinski definition) is 2. The quantitative estimate of drug-likeness (QED) is 0.742. The van der Waals surface area contributed by atoms with Crippen LogP contribution < -0.4 is 0 Å². The molecular weight excluding hydrogens is 298 g/mol. The Kier molecular flexibility index (Phi) is 7.73. The molecule has 2 saturated carbocycles. The summed E-state index contributed by atoms with van der Waals surface area (Å²) in [5.41, 5.74) is 0.247. The summed E-state index contributed by atoms with van der Waals surface area (Å²) in [5.74, 6) is 0. The highest BCUT2D eigenvalue weighted by atomic mass is 16.5. The molecule has 24 heavy (non-hydrogen) atoms. The third-order valence-electron chi connectivity index (χ3n) is 5.38. The van der Waals surface area contributed by atoms with E-state index in [1.807, 2.05) is 30.3 Å². The van der Waals surface area contributed by atoms with Gasteiger partial charge in [0.1, 0.15) is 0 Å². The maximum Gasteiger partial charge on any atom is 0.0840 e. The van der Waals surface area contributed by atoms with E-state index >= 15 is 0 Å². The molecule has 0 aromatic heterocycles. The van der Waals surface area contributed by atoms with Gasteiger partial charge in [-0.2, -0.15) is 5.06 Å². The first-order chi connectivity index (χ1) is 11.5. The molecule has 2 aliphatic carbocycles. The van der Waals surface area contributed by atoms with Crippen LogP contribution in [-0.4, -0.2) is 27.5 Å². The molecule has 136 valence electrons. The second-order valence-corrected chi connectivity index (χ2v) is 7.89. The molecule has 1 aromatic carbocycles. The van der Waals surface area contributed by atoms with Crippen molar-refractivity contribution >= 4 is 0 Å². The second kappa shape index (κ2) is 9.55. The predicted octanol–water partition coefficient (Wildman–Crippen LogP) is 5.26. The summed E-state index contributed by atoms with van der Waals surface area (Å²) < 4.78 is 0. The molecule has 0 heterocycles. The fourth-order valence-corrected chi connectivity index (χ4v) is 3.84. The van der Waals surface area contributed by atoms with Gasteiger partial charge in [0.15, 0.2) is 0 Å². The van der Waals surface area contributed by atoms with E-state index in [2.05, 4.69) is 0 Å². The highest BCUT2D eigenvalue weighted by Gasteiger charge is 2.27. The Labute approximate surface area is 147 Å². The van der Waals surface area contributed by atoms with Crippen molar-refractivity contribution in [3.63, 3.8) is 0 Å². The summed E-state index contributed by atoms with van der Waals surface area (Å²) in [4.78, 5) is 0. The van der Waals surface area contributed by atoms with Gasteiger partial charge in [0.2, 0.25) is 0 Å². The van der Waals surface area contributed by atoms with Crippen molar-refractivity contribution in [2.45, 2.75) is 95.7 Å². The Balaban J connectivity index is 0.000000185. The summed E-state index contributed by atoms with van der Waals surface area (Å²) in [6.45, 7) is 3.56. The van der Waals surface area contributed by atoms with Crippen LogP contribution in [0.1, 0.15) is 83.6 Å². The average Bonchev–Trinajstić information content (AvgIpc) is 2.63. The van der Waals surface area contributed by atoms with E-state index in [9.17, 15) is 10.3 Å². The number of aliphatic hydroxyl groups is 1. The molecule has 0 unspecified atom stereocenters. The summed E-state index contributed by atoms with van der Waals surface area (Å²) in [5, 5.41) is 21.3. The van der Waals surface area contributed by atoms with Crippen LogP contribution in [0.25, 0.3) is 0 Å². The van der Waals surface area contributed by atoms with Crippen molar-refractivity contribution in [1.29, 1.82) is 0 Å². The number of hydroxylamine groups is 2. The van der Waals surface area contributed by atoms with E-state index in [-0.39, 0.29) is 0 Å². The fraction of sp³-hybridized carbons (Fsp3) is 0.714. The van der Waals surface area contributed by atoms with Crippen LogP contribution in [0.3, 0.4) is 0 Å². The number of hydrogen-bond acceptors (Lipinski definition) is 3. The minimum Gasteiger partial charge on any atom is -0.386 e. The van der Waals surface area contributed by atoms with Crippen LogP contribution in [-0.2, 0) is 5.60 Å². The van der Waals surface area contributed by atoms with Gasteiger partial charge in [0.05, 0.1) is 5.60 Å². The zero-order valence-corrected chi connectivity index (χ0v) is 15.5. The maximum absolute atomic E-state index is 10.1. The van der Waals surface area contributed by atoms with Crippen LogP contribution in [0.15, 0.2) is 30.3 Å². The zero-order chi connectivity index (χ0) is 17.4. The lowest BCUT2D eigenvalue weighted by atomic mass is 9.90. The van der Waals surface area contributed by atoms with Gasteiger partial charge in [-0.25, -0.2) is 0 Å². The maximum atomic E-state index is 10.1. The first-order valence-electron chi connectivity index (χ1n) is 9.73. The average molecular weight is 334 g/mol. The Hall–Kier alpha value is -0.900. The van der Waals surface area contributed by atoms with Crippen molar-refractivity contribution in [3.8, 4) is 0 Å². The van der Waals surface area contributed by atoms with Crippen LogP contribution in [0, 0.1) is 0 Å². The van der Waals surface area contributed by atoms with Crippen molar-refractivity contribution < 1.29 is 10.3 Å². The number of nitrogens with zero attached hydrogens (tertiary/aromatic N) is 1. The molecule has 1 aromatic rings. The monoisotopic (exact) mass is 333 g/mol. The van der Waals surface area contributed by atoms with Gasteiger partial charge in [0, 0.05) is 12.1 Å². The molecule has 0 bridgehead atoms. The van der Waals surface area contributed by atoms with E-state index in [0.717, 1.165) is 5.56 Å². The molecule has 2 N–H and O–H groups in total. The van der Waals surface area contributed by atoms with Crippen LogP contribution >= 0.6 is 0 Å². The molecule has 0 atom stereocenters. The van der Waals surface area contributed by atoms with Crippen molar-refractivity contribution in [2.24, 2.45) is 0 Å². The fourth-order valence-electron chi connectivity index (χ4n) is 3.84. The lowest BCUT2D eigenvalue weighted by Gasteiger charge is -2.36. The molecule has 3 nitrogen and oxygen atoms in total. The zero-order valence-electron chi connectivity index (χ0n) is 15.5. The van der Waals surface area contributed by atoms with Gasteiger partial charge in [-0.3, -0.25) is 0 Å². The standard InChI is InChI=1S/C12H23NO.C9H12O/c14-13(11-7-3-1-4-8-11)12-9-5-2-6-10-12;1-9(2,10)8-6-4-3-5-7-8/h11-12,14H,1-10H2;3-7,10H,1-2H3. The van der Waals surface area contributed by atoms with E-state index < -0.39 is 5.60 Å². The molecule has 3 heteroatoms. The largest absolute Gasteiger partial charge is 0.386 e. The molecular formula is C21H35NO2. The normalized spacial score (nSPS) is 20.5. The van der Waals surface area contributed by atoms with Gasteiger partial charge in [0.25, 0.3) is 0 Å². The SMILES string of the molecule is CC(C)(O)c1ccccc1.ON(C1CCCCC1)C1CCCCC1. The van der Waals surface area contributed by atoms with Gasteiger partial charge < -0.3 is 10.3 Å². The lowest BCUT2D eigenvalue weighted by Crippen LogP contribution is -2.42. The third kappa shape index (κ3) is 6.19. The topological polar surface area (TPSA) is 43.7 Å². The molecule has 0 radical (unpaired) electrons. The molecule has 3 rings (SSSR count).